The van der Waals surface area contributed by atoms with Gasteiger partial charge < -0.3 is 5.32 Å². The molecule has 100 valence electrons. The van der Waals surface area contributed by atoms with Crippen LogP contribution in [0.3, 0.4) is 0 Å². The van der Waals surface area contributed by atoms with E-state index in [2.05, 4.69) is 31.3 Å². The highest BCUT2D eigenvalue weighted by Crippen LogP contribution is 2.30. The summed E-state index contributed by atoms with van der Waals surface area (Å²) in [6.45, 7) is 5.72. The Morgan fingerprint density at radius 2 is 2.00 bits per heavy atom. The molecule has 0 radical (unpaired) electrons. The molecule has 18 heavy (non-hydrogen) atoms. The van der Waals surface area contributed by atoms with Crippen molar-refractivity contribution in [2.24, 2.45) is 11.8 Å². The van der Waals surface area contributed by atoms with E-state index < -0.39 is 0 Å². The highest BCUT2D eigenvalue weighted by Gasteiger charge is 2.21. The van der Waals surface area contributed by atoms with Gasteiger partial charge in [-0.05, 0) is 43.4 Å². The summed E-state index contributed by atoms with van der Waals surface area (Å²) in [6.07, 6.45) is 5.59. The van der Waals surface area contributed by atoms with Crippen LogP contribution in [0.25, 0.3) is 0 Å². The fraction of sp³-hybridized carbons (Fsp3) is 0.625. The van der Waals surface area contributed by atoms with Gasteiger partial charge in [-0.25, -0.2) is 0 Å². The largest absolute Gasteiger partial charge is 0.310 e. The lowest BCUT2D eigenvalue weighted by Gasteiger charge is -2.30. The molecule has 1 N–H and O–H groups in total. The van der Waals surface area contributed by atoms with Crippen molar-refractivity contribution in [2.75, 3.05) is 6.54 Å². The van der Waals surface area contributed by atoms with E-state index in [-0.39, 0.29) is 0 Å². The zero-order valence-corrected chi connectivity index (χ0v) is 12.2. The number of rotatable bonds is 4. The zero-order valence-electron chi connectivity index (χ0n) is 11.5. The Labute approximate surface area is 116 Å². The van der Waals surface area contributed by atoms with Crippen molar-refractivity contribution in [1.82, 2.24) is 5.32 Å². The molecule has 0 amide bonds. The van der Waals surface area contributed by atoms with Crippen LogP contribution >= 0.6 is 11.6 Å². The van der Waals surface area contributed by atoms with Crippen LogP contribution in [0.15, 0.2) is 24.3 Å². The Hall–Kier alpha value is -0.530. The molecule has 1 aromatic carbocycles. The number of nitrogens with one attached hydrogen (secondary N) is 1. The van der Waals surface area contributed by atoms with E-state index in [1.807, 2.05) is 12.1 Å². The van der Waals surface area contributed by atoms with Gasteiger partial charge in [0.25, 0.3) is 0 Å². The third-order valence-corrected chi connectivity index (χ3v) is 4.69. The first-order chi connectivity index (χ1) is 8.68. The van der Waals surface area contributed by atoms with E-state index in [0.717, 1.165) is 23.4 Å². The minimum absolute atomic E-state index is 0.341. The second-order valence-electron chi connectivity index (χ2n) is 5.67. The molecule has 1 saturated carbocycles. The summed E-state index contributed by atoms with van der Waals surface area (Å²) in [6, 6.07) is 8.47. The third kappa shape index (κ3) is 3.49. The van der Waals surface area contributed by atoms with Crippen LogP contribution in [0.1, 0.15) is 51.1 Å². The Morgan fingerprint density at radius 1 is 1.28 bits per heavy atom. The van der Waals surface area contributed by atoms with E-state index in [9.17, 15) is 0 Å². The molecule has 1 aromatic rings. The zero-order chi connectivity index (χ0) is 13.0. The monoisotopic (exact) mass is 265 g/mol. The van der Waals surface area contributed by atoms with Gasteiger partial charge in [0.2, 0.25) is 0 Å². The Kier molecular flexibility index (Phi) is 5.08. The van der Waals surface area contributed by atoms with E-state index in [1.165, 1.54) is 31.2 Å². The summed E-state index contributed by atoms with van der Waals surface area (Å²) < 4.78 is 0. The smallest absolute Gasteiger partial charge is 0.0453 e. The summed E-state index contributed by atoms with van der Waals surface area (Å²) in [5.41, 5.74) is 1.21. The SMILES string of the molecule is CC(NCC1CCCCC1C)c1ccccc1Cl. The summed E-state index contributed by atoms with van der Waals surface area (Å²) >= 11 is 6.23. The Morgan fingerprint density at radius 3 is 2.72 bits per heavy atom. The minimum Gasteiger partial charge on any atom is -0.310 e. The van der Waals surface area contributed by atoms with Gasteiger partial charge in [0.1, 0.15) is 0 Å². The molecule has 1 fully saturated rings. The predicted octanol–water partition coefficient (Wildman–Crippen LogP) is 4.82. The van der Waals surface area contributed by atoms with Gasteiger partial charge in [0, 0.05) is 11.1 Å². The van der Waals surface area contributed by atoms with Crippen LogP contribution < -0.4 is 5.32 Å². The molecule has 2 heteroatoms. The normalized spacial score (nSPS) is 25.9. The second kappa shape index (κ2) is 6.58. The van der Waals surface area contributed by atoms with Gasteiger partial charge in [-0.1, -0.05) is 56.0 Å². The molecule has 0 heterocycles. The summed E-state index contributed by atoms with van der Waals surface area (Å²) in [5, 5.41) is 4.53. The number of hydrogen-bond acceptors (Lipinski definition) is 1. The van der Waals surface area contributed by atoms with Crippen LogP contribution in [-0.4, -0.2) is 6.54 Å². The number of hydrogen-bond donors (Lipinski definition) is 1. The van der Waals surface area contributed by atoms with Crippen molar-refractivity contribution in [2.45, 2.75) is 45.6 Å². The first-order valence-electron chi connectivity index (χ1n) is 7.16. The van der Waals surface area contributed by atoms with Crippen molar-refractivity contribution < 1.29 is 0 Å². The van der Waals surface area contributed by atoms with E-state index in [0.29, 0.717) is 6.04 Å². The minimum atomic E-state index is 0.341. The molecule has 1 aliphatic carbocycles. The van der Waals surface area contributed by atoms with Gasteiger partial charge in [0.05, 0.1) is 0 Å². The van der Waals surface area contributed by atoms with Gasteiger partial charge >= 0.3 is 0 Å². The molecule has 0 aliphatic heterocycles. The molecule has 2 rings (SSSR count). The van der Waals surface area contributed by atoms with Crippen molar-refractivity contribution in [3.05, 3.63) is 34.9 Å². The van der Waals surface area contributed by atoms with Crippen molar-refractivity contribution in [3.63, 3.8) is 0 Å². The third-order valence-electron chi connectivity index (χ3n) is 4.35. The summed E-state index contributed by atoms with van der Waals surface area (Å²) in [4.78, 5) is 0. The average molecular weight is 266 g/mol. The highest BCUT2D eigenvalue weighted by atomic mass is 35.5. The van der Waals surface area contributed by atoms with Crippen LogP contribution in [0.4, 0.5) is 0 Å². The van der Waals surface area contributed by atoms with Crippen LogP contribution in [0.5, 0.6) is 0 Å². The van der Waals surface area contributed by atoms with E-state index in [1.54, 1.807) is 0 Å². The van der Waals surface area contributed by atoms with Crippen molar-refractivity contribution >= 4 is 11.6 Å². The maximum atomic E-state index is 6.23. The molecular weight excluding hydrogens is 242 g/mol. The Balaban J connectivity index is 1.88. The molecule has 3 atom stereocenters. The molecule has 1 nitrogen and oxygen atoms in total. The molecule has 0 bridgehead atoms. The summed E-state index contributed by atoms with van der Waals surface area (Å²) in [5.74, 6) is 1.70. The van der Waals surface area contributed by atoms with Crippen LogP contribution in [0, 0.1) is 11.8 Å². The molecule has 0 aromatic heterocycles. The molecule has 1 aliphatic rings. The predicted molar refractivity (Wildman–Crippen MR) is 79.0 cm³/mol. The number of halogens is 1. The lowest BCUT2D eigenvalue weighted by atomic mass is 9.80. The molecule has 0 saturated heterocycles. The maximum Gasteiger partial charge on any atom is 0.0453 e. The van der Waals surface area contributed by atoms with Gasteiger partial charge in [-0.2, -0.15) is 0 Å². The number of benzene rings is 1. The van der Waals surface area contributed by atoms with Gasteiger partial charge in [-0.15, -0.1) is 0 Å². The van der Waals surface area contributed by atoms with Gasteiger partial charge in [0.15, 0.2) is 0 Å². The quantitative estimate of drug-likeness (QED) is 0.823. The van der Waals surface area contributed by atoms with Crippen molar-refractivity contribution in [3.8, 4) is 0 Å². The fourth-order valence-corrected chi connectivity index (χ4v) is 3.26. The topological polar surface area (TPSA) is 12.0 Å². The molecule has 0 spiro atoms. The van der Waals surface area contributed by atoms with Crippen molar-refractivity contribution in [1.29, 1.82) is 0 Å². The maximum absolute atomic E-state index is 6.23. The lowest BCUT2D eigenvalue weighted by molar-refractivity contribution is 0.242. The van der Waals surface area contributed by atoms with Gasteiger partial charge in [-0.3, -0.25) is 0 Å². The first kappa shape index (κ1) is 13.9. The summed E-state index contributed by atoms with van der Waals surface area (Å²) in [7, 11) is 0. The molecular formula is C16H24ClN. The highest BCUT2D eigenvalue weighted by molar-refractivity contribution is 6.31. The van der Waals surface area contributed by atoms with Crippen LogP contribution in [0.2, 0.25) is 5.02 Å². The van der Waals surface area contributed by atoms with E-state index in [4.69, 9.17) is 11.6 Å². The first-order valence-corrected chi connectivity index (χ1v) is 7.54. The average Bonchev–Trinajstić information content (AvgIpc) is 2.38. The van der Waals surface area contributed by atoms with E-state index >= 15 is 0 Å². The van der Waals surface area contributed by atoms with Crippen LogP contribution in [-0.2, 0) is 0 Å². The molecule has 3 unspecified atom stereocenters. The standard InChI is InChI=1S/C16H24ClN/c1-12-7-3-4-8-14(12)11-18-13(2)15-9-5-6-10-16(15)17/h5-6,9-10,12-14,18H,3-4,7-8,11H2,1-2H3. The lowest BCUT2D eigenvalue weighted by Crippen LogP contribution is -2.31. The second-order valence-corrected chi connectivity index (χ2v) is 6.08. The fourth-order valence-electron chi connectivity index (χ4n) is 2.96. The Bertz CT molecular complexity index is 377.